The monoisotopic (exact) mass is 278 g/mol. The van der Waals surface area contributed by atoms with Crippen molar-refractivity contribution >= 4 is 12.0 Å². The smallest absolute Gasteiger partial charge is 0.407 e. The van der Waals surface area contributed by atoms with E-state index in [0.717, 1.165) is 5.56 Å². The summed E-state index contributed by atoms with van der Waals surface area (Å²) in [5.74, 6) is -0.119. The van der Waals surface area contributed by atoms with Crippen LogP contribution in [0, 0.1) is 0 Å². The van der Waals surface area contributed by atoms with Crippen LogP contribution in [-0.2, 0) is 11.3 Å². The summed E-state index contributed by atoms with van der Waals surface area (Å²) in [6, 6.07) is 7.13. The number of nitrogens with one attached hydrogen (secondary N) is 2. The quantitative estimate of drug-likeness (QED) is 0.889. The van der Waals surface area contributed by atoms with Gasteiger partial charge in [-0.1, -0.05) is 12.1 Å². The predicted molar refractivity (Wildman–Crippen MR) is 77.5 cm³/mol. The van der Waals surface area contributed by atoms with Gasteiger partial charge in [0.15, 0.2) is 0 Å². The Morgan fingerprint density at radius 1 is 1.20 bits per heavy atom. The van der Waals surface area contributed by atoms with Gasteiger partial charge in [-0.05, 0) is 45.4 Å². The highest BCUT2D eigenvalue weighted by atomic mass is 16.6. The van der Waals surface area contributed by atoms with Crippen LogP contribution in [0.5, 0.6) is 0 Å². The molecule has 0 saturated carbocycles. The molecule has 0 bridgehead atoms. The van der Waals surface area contributed by atoms with Crippen LogP contribution in [0.4, 0.5) is 4.79 Å². The van der Waals surface area contributed by atoms with Gasteiger partial charge in [-0.15, -0.1) is 0 Å². The Balaban J connectivity index is 2.59. The maximum absolute atomic E-state index is 11.7. The van der Waals surface area contributed by atoms with Crippen molar-refractivity contribution in [2.45, 2.75) is 39.8 Å². The molecule has 0 aliphatic carbocycles. The van der Waals surface area contributed by atoms with Crippen LogP contribution in [0.2, 0.25) is 0 Å². The zero-order valence-electron chi connectivity index (χ0n) is 12.4. The summed E-state index contributed by atoms with van der Waals surface area (Å²) in [5.41, 5.74) is 0.905. The number of benzene rings is 1. The number of hydrogen-bond acceptors (Lipinski definition) is 3. The molecule has 2 amide bonds. The number of rotatable bonds is 4. The van der Waals surface area contributed by atoms with Gasteiger partial charge in [-0.3, -0.25) is 4.79 Å². The maximum Gasteiger partial charge on any atom is 0.407 e. The van der Waals surface area contributed by atoms with Crippen LogP contribution in [0.25, 0.3) is 0 Å². The second-order valence-electron chi connectivity index (χ2n) is 5.42. The molecule has 0 aliphatic heterocycles. The molecule has 0 saturated heterocycles. The van der Waals surface area contributed by atoms with Gasteiger partial charge < -0.3 is 15.4 Å². The largest absolute Gasteiger partial charge is 0.444 e. The lowest BCUT2D eigenvalue weighted by atomic mass is 10.1. The third-order valence-corrected chi connectivity index (χ3v) is 2.36. The highest BCUT2D eigenvalue weighted by Crippen LogP contribution is 2.08. The summed E-state index contributed by atoms with van der Waals surface area (Å²) in [6.07, 6.45) is -0.471. The average molecular weight is 278 g/mol. The van der Waals surface area contributed by atoms with Crippen LogP contribution in [0.1, 0.15) is 43.6 Å². The highest BCUT2D eigenvalue weighted by Gasteiger charge is 2.15. The van der Waals surface area contributed by atoms with Crippen LogP contribution >= 0.6 is 0 Å². The molecule has 1 aromatic carbocycles. The molecular weight excluding hydrogens is 256 g/mol. The van der Waals surface area contributed by atoms with Crippen molar-refractivity contribution < 1.29 is 14.3 Å². The van der Waals surface area contributed by atoms with Crippen molar-refractivity contribution in [2.75, 3.05) is 6.54 Å². The van der Waals surface area contributed by atoms with Crippen molar-refractivity contribution in [1.29, 1.82) is 0 Å². The lowest BCUT2D eigenvalue weighted by Gasteiger charge is -2.19. The fourth-order valence-corrected chi connectivity index (χ4v) is 1.57. The molecule has 0 spiro atoms. The molecule has 5 heteroatoms. The third kappa shape index (κ3) is 5.73. The van der Waals surface area contributed by atoms with Gasteiger partial charge in [0.25, 0.3) is 5.91 Å². The van der Waals surface area contributed by atoms with E-state index in [0.29, 0.717) is 18.7 Å². The highest BCUT2D eigenvalue weighted by molar-refractivity contribution is 5.94. The molecule has 0 unspecified atom stereocenters. The Morgan fingerprint density at radius 2 is 1.90 bits per heavy atom. The van der Waals surface area contributed by atoms with E-state index in [-0.39, 0.29) is 5.91 Å². The van der Waals surface area contributed by atoms with E-state index in [9.17, 15) is 9.59 Å². The molecule has 0 fully saturated rings. The molecular formula is C15H22N2O3. The van der Waals surface area contributed by atoms with Gasteiger partial charge in [0.2, 0.25) is 0 Å². The van der Waals surface area contributed by atoms with E-state index < -0.39 is 11.7 Å². The Hall–Kier alpha value is -2.04. The SMILES string of the molecule is CCNC(=O)c1cccc(CNC(=O)OC(C)(C)C)c1. The molecule has 0 aromatic heterocycles. The summed E-state index contributed by atoms with van der Waals surface area (Å²) >= 11 is 0. The van der Waals surface area contributed by atoms with E-state index in [1.165, 1.54) is 0 Å². The summed E-state index contributed by atoms with van der Waals surface area (Å²) < 4.78 is 5.15. The second kappa shape index (κ2) is 6.93. The van der Waals surface area contributed by atoms with Gasteiger partial charge in [0, 0.05) is 18.7 Å². The lowest BCUT2D eigenvalue weighted by Crippen LogP contribution is -2.32. The van der Waals surface area contributed by atoms with Gasteiger partial charge in [0.05, 0.1) is 0 Å². The Morgan fingerprint density at radius 3 is 2.50 bits per heavy atom. The number of hydrogen-bond donors (Lipinski definition) is 2. The minimum Gasteiger partial charge on any atom is -0.444 e. The van der Waals surface area contributed by atoms with Crippen LogP contribution in [0.3, 0.4) is 0 Å². The van der Waals surface area contributed by atoms with Crippen molar-refractivity contribution in [3.05, 3.63) is 35.4 Å². The molecule has 20 heavy (non-hydrogen) atoms. The van der Waals surface area contributed by atoms with Crippen molar-refractivity contribution in [3.63, 3.8) is 0 Å². The van der Waals surface area contributed by atoms with E-state index in [1.54, 1.807) is 18.2 Å². The molecule has 5 nitrogen and oxygen atoms in total. The lowest BCUT2D eigenvalue weighted by molar-refractivity contribution is 0.0523. The van der Waals surface area contributed by atoms with Crippen molar-refractivity contribution in [1.82, 2.24) is 10.6 Å². The maximum atomic E-state index is 11.7. The second-order valence-corrected chi connectivity index (χ2v) is 5.42. The van der Waals surface area contributed by atoms with Crippen LogP contribution in [0.15, 0.2) is 24.3 Å². The Bertz CT molecular complexity index is 478. The third-order valence-electron chi connectivity index (χ3n) is 2.36. The molecule has 0 radical (unpaired) electrons. The first-order chi connectivity index (χ1) is 9.31. The summed E-state index contributed by atoms with van der Waals surface area (Å²) in [5, 5.41) is 5.39. The molecule has 0 atom stereocenters. The fraction of sp³-hybridized carbons (Fsp3) is 0.467. The molecule has 1 rings (SSSR count). The number of carbonyl (C=O) groups excluding carboxylic acids is 2. The minimum absolute atomic E-state index is 0.119. The van der Waals surface area contributed by atoms with E-state index >= 15 is 0 Å². The summed E-state index contributed by atoms with van der Waals surface area (Å²) in [4.78, 5) is 23.2. The first-order valence-electron chi connectivity index (χ1n) is 6.66. The van der Waals surface area contributed by atoms with Gasteiger partial charge in [-0.25, -0.2) is 4.79 Å². The predicted octanol–water partition coefficient (Wildman–Crippen LogP) is 2.46. The number of alkyl carbamates (subject to hydrolysis) is 1. The Kier molecular flexibility index (Phi) is 5.55. The zero-order chi connectivity index (χ0) is 15.2. The average Bonchev–Trinajstić information content (AvgIpc) is 2.35. The van der Waals surface area contributed by atoms with Gasteiger partial charge in [-0.2, -0.15) is 0 Å². The van der Waals surface area contributed by atoms with E-state index in [1.807, 2.05) is 33.8 Å². The number of ether oxygens (including phenoxy) is 1. The Labute approximate surface area is 119 Å². The van der Waals surface area contributed by atoms with Crippen molar-refractivity contribution in [3.8, 4) is 0 Å². The number of carbonyl (C=O) groups is 2. The summed E-state index contributed by atoms with van der Waals surface area (Å²) in [6.45, 7) is 8.19. The topological polar surface area (TPSA) is 67.4 Å². The van der Waals surface area contributed by atoms with Crippen LogP contribution < -0.4 is 10.6 Å². The normalized spacial score (nSPS) is 10.8. The van der Waals surface area contributed by atoms with Crippen molar-refractivity contribution in [2.24, 2.45) is 0 Å². The zero-order valence-corrected chi connectivity index (χ0v) is 12.4. The van der Waals surface area contributed by atoms with E-state index in [2.05, 4.69) is 10.6 Å². The first kappa shape index (κ1) is 16.0. The molecule has 2 N–H and O–H groups in total. The standard InChI is InChI=1S/C15H22N2O3/c1-5-16-13(18)12-8-6-7-11(9-12)10-17-14(19)20-15(2,3)4/h6-9H,5,10H2,1-4H3,(H,16,18)(H,17,19). The van der Waals surface area contributed by atoms with E-state index in [4.69, 9.17) is 4.74 Å². The number of amides is 2. The fourth-order valence-electron chi connectivity index (χ4n) is 1.57. The minimum atomic E-state index is -0.521. The summed E-state index contributed by atoms with van der Waals surface area (Å²) in [7, 11) is 0. The molecule has 0 aliphatic rings. The molecule has 0 heterocycles. The van der Waals surface area contributed by atoms with Crippen LogP contribution in [-0.4, -0.2) is 24.1 Å². The van der Waals surface area contributed by atoms with Gasteiger partial charge >= 0.3 is 6.09 Å². The van der Waals surface area contributed by atoms with Gasteiger partial charge in [0.1, 0.15) is 5.60 Å². The first-order valence-corrected chi connectivity index (χ1v) is 6.66. The molecule has 110 valence electrons. The molecule has 1 aromatic rings.